The molecule has 2 aromatic carbocycles. The van der Waals surface area contributed by atoms with Crippen molar-refractivity contribution in [2.45, 2.75) is 33.1 Å². The number of aliphatic hydroxyl groups excluding tert-OH is 1. The highest BCUT2D eigenvalue weighted by molar-refractivity contribution is 6.32. The van der Waals surface area contributed by atoms with Gasteiger partial charge in [-0.3, -0.25) is 0 Å². The predicted octanol–water partition coefficient (Wildman–Crippen LogP) is 3.93. The maximum Gasteiger partial charge on any atom is 0.180 e. The zero-order valence-corrected chi connectivity index (χ0v) is 15.1. The average molecular weight is 368 g/mol. The summed E-state index contributed by atoms with van der Waals surface area (Å²) < 4.78 is 25.1. The topological polar surface area (TPSA) is 50.7 Å². The summed E-state index contributed by atoms with van der Waals surface area (Å²) in [4.78, 5) is 0. The highest BCUT2D eigenvalue weighted by Gasteiger charge is 2.14. The lowest BCUT2D eigenvalue weighted by Gasteiger charge is -2.16. The molecule has 25 heavy (non-hydrogen) atoms. The zero-order chi connectivity index (χ0) is 18.2. The van der Waals surface area contributed by atoms with E-state index in [1.54, 1.807) is 31.2 Å². The van der Waals surface area contributed by atoms with E-state index in [0.29, 0.717) is 41.8 Å². The van der Waals surface area contributed by atoms with Gasteiger partial charge in [-0.25, -0.2) is 4.39 Å². The average Bonchev–Trinajstić information content (AvgIpc) is 2.55. The third-order valence-electron chi connectivity index (χ3n) is 3.47. The number of aliphatic hydroxyl groups is 1. The Morgan fingerprint density at radius 3 is 2.68 bits per heavy atom. The molecule has 0 saturated carbocycles. The molecule has 0 amide bonds. The van der Waals surface area contributed by atoms with Crippen LogP contribution in [0.4, 0.5) is 4.39 Å². The van der Waals surface area contributed by atoms with Crippen LogP contribution in [0, 0.1) is 5.82 Å². The Morgan fingerprint density at radius 2 is 2.00 bits per heavy atom. The van der Waals surface area contributed by atoms with Crippen molar-refractivity contribution >= 4 is 11.6 Å². The number of nitrogens with one attached hydrogen (secondary N) is 1. The quantitative estimate of drug-likeness (QED) is 0.705. The van der Waals surface area contributed by atoms with Gasteiger partial charge in [0.25, 0.3) is 0 Å². The Balaban J connectivity index is 2.14. The molecule has 2 aromatic rings. The first-order valence-electron chi connectivity index (χ1n) is 8.21. The summed E-state index contributed by atoms with van der Waals surface area (Å²) in [5.41, 5.74) is 1.36. The molecule has 1 atom stereocenters. The summed E-state index contributed by atoms with van der Waals surface area (Å²) in [5.74, 6) is 0.585. The molecule has 0 unspecified atom stereocenters. The number of ether oxygens (including phenoxy) is 2. The molecular formula is C19H23ClFNO3. The third-order valence-corrected chi connectivity index (χ3v) is 3.75. The minimum Gasteiger partial charge on any atom is -0.490 e. The molecule has 0 fully saturated rings. The minimum atomic E-state index is -0.426. The molecule has 2 N–H and O–H groups in total. The molecule has 0 spiro atoms. The zero-order valence-electron chi connectivity index (χ0n) is 14.4. The normalized spacial score (nSPS) is 12.0. The Labute approximate surface area is 152 Å². The number of halogens is 2. The largest absolute Gasteiger partial charge is 0.490 e. The molecule has 0 aliphatic heterocycles. The fourth-order valence-electron chi connectivity index (χ4n) is 2.32. The van der Waals surface area contributed by atoms with Crippen LogP contribution >= 0.6 is 11.6 Å². The smallest absolute Gasteiger partial charge is 0.180 e. The van der Waals surface area contributed by atoms with E-state index in [9.17, 15) is 9.50 Å². The number of hydrogen-bond acceptors (Lipinski definition) is 4. The van der Waals surface area contributed by atoms with Gasteiger partial charge in [-0.15, -0.1) is 0 Å². The Bertz CT molecular complexity index is 694. The number of benzene rings is 2. The second kappa shape index (κ2) is 9.61. The van der Waals surface area contributed by atoms with E-state index in [2.05, 4.69) is 5.32 Å². The lowest BCUT2D eigenvalue weighted by molar-refractivity contribution is 0.191. The summed E-state index contributed by atoms with van der Waals surface area (Å²) in [6.07, 6.45) is -0.426. The first-order chi connectivity index (χ1) is 12.0. The van der Waals surface area contributed by atoms with Crippen molar-refractivity contribution in [3.8, 4) is 11.5 Å². The predicted molar refractivity (Wildman–Crippen MR) is 96.7 cm³/mol. The van der Waals surface area contributed by atoms with Crippen molar-refractivity contribution in [1.82, 2.24) is 5.32 Å². The van der Waals surface area contributed by atoms with E-state index < -0.39 is 6.10 Å². The van der Waals surface area contributed by atoms with Gasteiger partial charge in [0, 0.05) is 18.7 Å². The minimum absolute atomic E-state index is 0.0616. The van der Waals surface area contributed by atoms with E-state index in [1.807, 2.05) is 13.0 Å². The SMILES string of the molecule is CCOc1cc(CNC[C@@H](C)O)cc(Cl)c1OCc1ccccc1F. The van der Waals surface area contributed by atoms with Crippen molar-refractivity contribution in [2.75, 3.05) is 13.2 Å². The van der Waals surface area contributed by atoms with Gasteiger partial charge in [0.05, 0.1) is 17.7 Å². The van der Waals surface area contributed by atoms with Crippen LogP contribution in [0.15, 0.2) is 36.4 Å². The molecule has 0 aliphatic carbocycles. The van der Waals surface area contributed by atoms with Gasteiger partial charge in [0.15, 0.2) is 11.5 Å². The van der Waals surface area contributed by atoms with Crippen molar-refractivity contribution in [3.63, 3.8) is 0 Å². The van der Waals surface area contributed by atoms with Crippen molar-refractivity contribution in [2.24, 2.45) is 0 Å². The van der Waals surface area contributed by atoms with E-state index >= 15 is 0 Å². The van der Waals surface area contributed by atoms with E-state index in [1.165, 1.54) is 6.07 Å². The van der Waals surface area contributed by atoms with E-state index in [-0.39, 0.29) is 12.4 Å². The van der Waals surface area contributed by atoms with Crippen LogP contribution in [0.3, 0.4) is 0 Å². The van der Waals surface area contributed by atoms with Gasteiger partial charge in [0.2, 0.25) is 0 Å². The molecule has 0 heterocycles. The second-order valence-corrected chi connectivity index (χ2v) is 6.11. The molecule has 0 radical (unpaired) electrons. The van der Waals surface area contributed by atoms with Gasteiger partial charge in [-0.1, -0.05) is 29.8 Å². The maximum atomic E-state index is 13.7. The first-order valence-corrected chi connectivity index (χ1v) is 8.59. The van der Waals surface area contributed by atoms with Crippen LogP contribution < -0.4 is 14.8 Å². The van der Waals surface area contributed by atoms with Crippen LogP contribution in [0.1, 0.15) is 25.0 Å². The maximum absolute atomic E-state index is 13.7. The summed E-state index contributed by atoms with van der Waals surface area (Å²) in [7, 11) is 0. The molecule has 0 aliphatic rings. The number of rotatable bonds is 9. The molecule has 6 heteroatoms. The van der Waals surface area contributed by atoms with Gasteiger partial charge >= 0.3 is 0 Å². The van der Waals surface area contributed by atoms with Crippen molar-refractivity contribution in [3.05, 3.63) is 58.4 Å². The van der Waals surface area contributed by atoms with Crippen molar-refractivity contribution in [1.29, 1.82) is 0 Å². The monoisotopic (exact) mass is 367 g/mol. The fraction of sp³-hybridized carbons (Fsp3) is 0.368. The molecule has 0 saturated heterocycles. The highest BCUT2D eigenvalue weighted by atomic mass is 35.5. The molecular weight excluding hydrogens is 345 g/mol. The van der Waals surface area contributed by atoms with E-state index in [0.717, 1.165) is 5.56 Å². The van der Waals surface area contributed by atoms with Crippen molar-refractivity contribution < 1.29 is 19.0 Å². The first kappa shape index (κ1) is 19.5. The summed E-state index contributed by atoms with van der Waals surface area (Å²) in [5, 5.41) is 12.8. The van der Waals surface area contributed by atoms with Crippen LogP contribution in [-0.2, 0) is 13.2 Å². The standard InChI is InChI=1S/C19H23ClFNO3/c1-3-24-18-9-14(11-22-10-13(2)23)8-16(20)19(18)25-12-15-6-4-5-7-17(15)21/h4-9,13,22-23H,3,10-12H2,1-2H3/t13-/m1/s1. The van der Waals surface area contributed by atoms with Gasteiger partial charge in [-0.05, 0) is 37.6 Å². The van der Waals surface area contributed by atoms with Gasteiger partial charge < -0.3 is 19.9 Å². The lowest BCUT2D eigenvalue weighted by atomic mass is 10.2. The molecule has 4 nitrogen and oxygen atoms in total. The third kappa shape index (κ3) is 5.88. The number of hydrogen-bond donors (Lipinski definition) is 2. The van der Waals surface area contributed by atoms with Crippen LogP contribution in [0.5, 0.6) is 11.5 Å². The van der Waals surface area contributed by atoms with E-state index in [4.69, 9.17) is 21.1 Å². The second-order valence-electron chi connectivity index (χ2n) is 5.70. The highest BCUT2D eigenvalue weighted by Crippen LogP contribution is 2.37. The van der Waals surface area contributed by atoms with Gasteiger partial charge in [0.1, 0.15) is 12.4 Å². The van der Waals surface area contributed by atoms with Crippen LogP contribution in [-0.4, -0.2) is 24.4 Å². The Hall–Kier alpha value is -1.82. The van der Waals surface area contributed by atoms with Gasteiger partial charge in [-0.2, -0.15) is 0 Å². The lowest BCUT2D eigenvalue weighted by Crippen LogP contribution is -2.23. The molecule has 136 valence electrons. The van der Waals surface area contributed by atoms with Crippen LogP contribution in [0.25, 0.3) is 0 Å². The Kier molecular flexibility index (Phi) is 7.50. The fourth-order valence-corrected chi connectivity index (χ4v) is 2.61. The summed E-state index contributed by atoms with van der Waals surface area (Å²) >= 11 is 6.34. The Morgan fingerprint density at radius 1 is 1.24 bits per heavy atom. The molecule has 2 rings (SSSR count). The molecule has 0 bridgehead atoms. The summed E-state index contributed by atoms with van der Waals surface area (Å²) in [6.45, 7) is 5.12. The molecule has 0 aromatic heterocycles. The summed E-state index contributed by atoms with van der Waals surface area (Å²) in [6, 6.07) is 10.0. The van der Waals surface area contributed by atoms with Crippen LogP contribution in [0.2, 0.25) is 5.02 Å².